The highest BCUT2D eigenvalue weighted by molar-refractivity contribution is 6.10. The first-order valence-corrected chi connectivity index (χ1v) is 15.0. The highest BCUT2D eigenvalue weighted by atomic mass is 16.6. The number of carbonyl (C=O) groups is 3. The van der Waals surface area contributed by atoms with Gasteiger partial charge in [0.2, 0.25) is 5.76 Å². The quantitative estimate of drug-likeness (QED) is 0.318. The molecule has 5 aliphatic rings. The molecule has 2 aliphatic carbocycles. The molecule has 0 aromatic heterocycles. The van der Waals surface area contributed by atoms with Crippen LogP contribution in [0.5, 0.6) is 17.2 Å². The Morgan fingerprint density at radius 1 is 1.23 bits per heavy atom. The number of ether oxygens (including phenoxy) is 4. The normalized spacial score (nSPS) is 28.0. The van der Waals surface area contributed by atoms with E-state index >= 15 is 0 Å². The third-order valence-corrected chi connectivity index (χ3v) is 9.30. The van der Waals surface area contributed by atoms with Crippen LogP contribution < -0.4 is 24.8 Å². The zero-order valence-electron chi connectivity index (χ0n) is 24.8. The minimum Gasteiger partial charge on any atom is -0.496 e. The predicted octanol–water partition coefficient (Wildman–Crippen LogP) is 3.36. The van der Waals surface area contributed by atoms with Crippen molar-refractivity contribution in [3.63, 3.8) is 0 Å². The second kappa shape index (κ2) is 10.6. The van der Waals surface area contributed by atoms with E-state index in [2.05, 4.69) is 4.99 Å². The number of aliphatic hydroxyl groups is 1. The molecular weight excluding hydrogens is 562 g/mol. The summed E-state index contributed by atoms with van der Waals surface area (Å²) in [6.45, 7) is 4.13. The number of hydrogen-bond donors (Lipinski definition) is 1. The van der Waals surface area contributed by atoms with Gasteiger partial charge in [0.15, 0.2) is 6.29 Å². The van der Waals surface area contributed by atoms with Gasteiger partial charge in [-0.05, 0) is 56.0 Å². The van der Waals surface area contributed by atoms with Crippen molar-refractivity contribution >= 4 is 29.7 Å². The van der Waals surface area contributed by atoms with Crippen LogP contribution in [0.15, 0.2) is 58.3 Å². The Bertz CT molecular complexity index is 1850. The van der Waals surface area contributed by atoms with E-state index in [1.165, 1.54) is 0 Å². The summed E-state index contributed by atoms with van der Waals surface area (Å²) >= 11 is 0. The van der Waals surface area contributed by atoms with E-state index in [1.807, 2.05) is 36.4 Å². The maximum absolute atomic E-state index is 13.4. The first-order valence-electron chi connectivity index (χ1n) is 15.0. The van der Waals surface area contributed by atoms with E-state index < -0.39 is 23.6 Å². The molecule has 44 heavy (non-hydrogen) atoms. The highest BCUT2D eigenvalue weighted by Crippen LogP contribution is 2.57. The molecule has 1 fully saturated rings. The van der Waals surface area contributed by atoms with Crippen molar-refractivity contribution < 1.29 is 38.4 Å². The minimum atomic E-state index is -1.12. The van der Waals surface area contributed by atoms with Crippen LogP contribution in [0.1, 0.15) is 68.1 Å². The van der Waals surface area contributed by atoms with E-state index in [9.17, 15) is 19.5 Å². The lowest BCUT2D eigenvalue weighted by Crippen LogP contribution is -2.45. The Kier molecular flexibility index (Phi) is 6.81. The second-order valence-electron chi connectivity index (χ2n) is 12.0. The van der Waals surface area contributed by atoms with Crippen LogP contribution in [0.4, 0.5) is 0 Å². The molecule has 2 aromatic carbocycles. The standard InChI is InChI=1S/C35H33NO8/c1-4-42-34(39)31-23(17-37)28(20-8-10-25(38)22(15-20)18-7-9-24-19(14-18)11-13-36-24)30-27(43-31)16-26-29(32(30)41-3)21-6-5-12-35(2,40)33(21)44-26/h5-7,9,11,14,16-17,21-22,33,40H,4,8,10,12-13,15H2,1-3H3. The average molecular weight is 596 g/mol. The number of esters is 1. The van der Waals surface area contributed by atoms with Crippen LogP contribution in [0.25, 0.3) is 11.6 Å². The number of aldehydes is 1. The third-order valence-electron chi connectivity index (χ3n) is 9.30. The van der Waals surface area contributed by atoms with E-state index in [-0.39, 0.29) is 41.8 Å². The molecule has 9 nitrogen and oxygen atoms in total. The van der Waals surface area contributed by atoms with Crippen molar-refractivity contribution in [2.24, 2.45) is 4.99 Å². The van der Waals surface area contributed by atoms with E-state index in [4.69, 9.17) is 18.9 Å². The average Bonchev–Trinajstić information content (AvgIpc) is 3.64. The van der Waals surface area contributed by atoms with Gasteiger partial charge >= 0.3 is 5.97 Å². The summed E-state index contributed by atoms with van der Waals surface area (Å²) in [6.07, 6.45) is 7.51. The van der Waals surface area contributed by atoms with E-state index in [0.717, 1.165) is 27.3 Å². The molecule has 0 amide bonds. The molecule has 1 N–H and O–H groups in total. The fraction of sp³-hybridized carbons (Fsp3) is 0.371. The zero-order chi connectivity index (χ0) is 30.7. The number of rotatable bonds is 5. The number of allylic oxidation sites excluding steroid dienone is 3. The van der Waals surface area contributed by atoms with Gasteiger partial charge in [-0.2, -0.15) is 0 Å². The molecule has 2 aromatic rings. The third kappa shape index (κ3) is 4.32. The van der Waals surface area contributed by atoms with E-state index in [0.29, 0.717) is 54.7 Å². The summed E-state index contributed by atoms with van der Waals surface area (Å²) in [5.41, 5.74) is 2.44. The Hall–Kier alpha value is -4.50. The molecule has 4 atom stereocenters. The summed E-state index contributed by atoms with van der Waals surface area (Å²) in [6, 6.07) is 7.61. The molecule has 226 valence electrons. The fourth-order valence-corrected chi connectivity index (χ4v) is 7.23. The van der Waals surface area contributed by atoms with Crippen LogP contribution in [0.2, 0.25) is 0 Å². The van der Waals surface area contributed by atoms with Crippen LogP contribution >= 0.6 is 0 Å². The topological polar surface area (TPSA) is 121 Å². The monoisotopic (exact) mass is 595 g/mol. The number of fused-ring (bicyclic) bond motifs is 5. The summed E-state index contributed by atoms with van der Waals surface area (Å²) in [5, 5.41) is 13.1. The number of methoxy groups -OCH3 is 1. The number of nitrogens with zero attached hydrogens (tertiary/aromatic N) is 1. The maximum atomic E-state index is 13.4. The van der Waals surface area contributed by atoms with Gasteiger partial charge in [-0.3, -0.25) is 14.6 Å². The highest BCUT2D eigenvalue weighted by Gasteiger charge is 2.49. The number of carbonyl (C=O) groups excluding carboxylic acids is 3. The summed E-state index contributed by atoms with van der Waals surface area (Å²) in [7, 11) is 1.54. The SMILES string of the molecule is CCOC(=O)C1=C(C=O)C(=C2CCC(=O)C(c3ccc4c(c3)=CCN=4)C2)c2c(cc3c(c2OC)C2C=CCC(C)(O)C2O3)O1. The van der Waals surface area contributed by atoms with Gasteiger partial charge in [-0.1, -0.05) is 29.9 Å². The lowest BCUT2D eigenvalue weighted by Gasteiger charge is -2.34. The molecule has 0 spiro atoms. The fourth-order valence-electron chi connectivity index (χ4n) is 7.23. The molecule has 3 heterocycles. The lowest BCUT2D eigenvalue weighted by molar-refractivity contribution is -0.141. The van der Waals surface area contributed by atoms with Crippen molar-refractivity contribution in [3.8, 4) is 17.2 Å². The van der Waals surface area contributed by atoms with Gasteiger partial charge < -0.3 is 24.1 Å². The zero-order valence-corrected chi connectivity index (χ0v) is 24.8. The first kappa shape index (κ1) is 28.3. The Balaban J connectivity index is 1.44. The summed E-state index contributed by atoms with van der Waals surface area (Å²) in [4.78, 5) is 43.9. The van der Waals surface area contributed by atoms with Gasteiger partial charge in [-0.25, -0.2) is 4.79 Å². The Morgan fingerprint density at radius 2 is 2.07 bits per heavy atom. The molecule has 0 radical (unpaired) electrons. The first-order chi connectivity index (χ1) is 21.2. The molecule has 1 saturated carbocycles. The number of hydrogen-bond acceptors (Lipinski definition) is 9. The molecule has 9 heteroatoms. The largest absolute Gasteiger partial charge is 0.496 e. The predicted molar refractivity (Wildman–Crippen MR) is 160 cm³/mol. The Morgan fingerprint density at radius 3 is 2.84 bits per heavy atom. The number of benzene rings is 2. The summed E-state index contributed by atoms with van der Waals surface area (Å²) < 4.78 is 23.8. The maximum Gasteiger partial charge on any atom is 0.375 e. The Labute approximate surface area is 254 Å². The van der Waals surface area contributed by atoms with Gasteiger partial charge in [0, 0.05) is 35.5 Å². The number of Topliss-reactive ketones (excluding diaryl/α,β-unsaturated/α-hetero) is 1. The molecule has 0 saturated heterocycles. The van der Waals surface area contributed by atoms with E-state index in [1.54, 1.807) is 27.0 Å². The lowest BCUT2D eigenvalue weighted by atomic mass is 9.74. The molecular formula is C35H33NO8. The molecule has 7 rings (SSSR count). The van der Waals surface area contributed by atoms with Crippen molar-refractivity contribution in [1.82, 2.24) is 0 Å². The van der Waals surface area contributed by atoms with Crippen molar-refractivity contribution in [3.05, 3.63) is 80.6 Å². The van der Waals surface area contributed by atoms with Crippen molar-refractivity contribution in [2.45, 2.75) is 63.1 Å². The molecule has 4 unspecified atom stereocenters. The molecule has 0 bridgehead atoms. The smallest absolute Gasteiger partial charge is 0.375 e. The van der Waals surface area contributed by atoms with Crippen LogP contribution in [-0.2, 0) is 19.1 Å². The second-order valence-corrected chi connectivity index (χ2v) is 12.0. The summed E-state index contributed by atoms with van der Waals surface area (Å²) in [5.74, 6) is -0.403. The molecule has 3 aliphatic heterocycles. The van der Waals surface area contributed by atoms with Crippen LogP contribution in [-0.4, -0.2) is 55.1 Å². The van der Waals surface area contributed by atoms with Gasteiger partial charge in [0.05, 0.1) is 36.8 Å². The van der Waals surface area contributed by atoms with Gasteiger partial charge in [-0.15, -0.1) is 0 Å². The number of ketones is 1. The van der Waals surface area contributed by atoms with Crippen LogP contribution in [0.3, 0.4) is 0 Å². The van der Waals surface area contributed by atoms with Crippen molar-refractivity contribution in [1.29, 1.82) is 0 Å². The minimum absolute atomic E-state index is 0.0556. The van der Waals surface area contributed by atoms with Gasteiger partial charge in [0.1, 0.15) is 34.7 Å². The van der Waals surface area contributed by atoms with Crippen molar-refractivity contribution in [2.75, 3.05) is 20.3 Å². The van der Waals surface area contributed by atoms with Crippen LogP contribution in [0, 0.1) is 0 Å². The van der Waals surface area contributed by atoms with Gasteiger partial charge in [0.25, 0.3) is 0 Å².